The summed E-state index contributed by atoms with van der Waals surface area (Å²) in [5.74, 6) is 0.447. The molecule has 2 rings (SSSR count). The molecule has 1 heterocycles. The van der Waals surface area contributed by atoms with Crippen molar-refractivity contribution in [3.8, 4) is 5.75 Å². The molecule has 0 spiro atoms. The number of nitrogens with zero attached hydrogens (tertiary/aromatic N) is 2. The second-order valence-corrected chi connectivity index (χ2v) is 4.54. The smallest absolute Gasteiger partial charge is 0.406 e. The standard InChI is InChI=1S/C14H15F3N6O/c15-14(16,17)24-10-3-1-9(2-4-10)23-13-11(7-19)12(20-6-5-18)21-8-22-13/h1-4,7-8,19H,5-6,18H2,(H2,20,21,22,23). The second kappa shape index (κ2) is 7.59. The maximum absolute atomic E-state index is 12.1. The average molecular weight is 340 g/mol. The highest BCUT2D eigenvalue weighted by molar-refractivity contribution is 5.91. The minimum atomic E-state index is -4.74. The van der Waals surface area contributed by atoms with Crippen LogP contribution in [-0.2, 0) is 0 Å². The molecule has 10 heteroatoms. The van der Waals surface area contributed by atoms with Gasteiger partial charge in [0.2, 0.25) is 0 Å². The summed E-state index contributed by atoms with van der Waals surface area (Å²) in [6, 6.07) is 5.16. The molecule has 7 nitrogen and oxygen atoms in total. The third-order valence-corrected chi connectivity index (χ3v) is 2.82. The van der Waals surface area contributed by atoms with E-state index in [1.807, 2.05) is 0 Å². The fourth-order valence-corrected chi connectivity index (χ4v) is 1.84. The van der Waals surface area contributed by atoms with Gasteiger partial charge in [-0.05, 0) is 24.3 Å². The molecular weight excluding hydrogens is 325 g/mol. The van der Waals surface area contributed by atoms with E-state index in [1.165, 1.54) is 30.6 Å². The summed E-state index contributed by atoms with van der Waals surface area (Å²) >= 11 is 0. The fourth-order valence-electron chi connectivity index (χ4n) is 1.84. The summed E-state index contributed by atoms with van der Waals surface area (Å²) in [4.78, 5) is 8.07. The number of ether oxygens (including phenoxy) is 1. The van der Waals surface area contributed by atoms with Gasteiger partial charge in [0.25, 0.3) is 0 Å². The molecule has 0 radical (unpaired) electrons. The van der Waals surface area contributed by atoms with E-state index in [9.17, 15) is 13.2 Å². The monoisotopic (exact) mass is 340 g/mol. The van der Waals surface area contributed by atoms with Gasteiger partial charge in [0.1, 0.15) is 23.7 Å². The summed E-state index contributed by atoms with van der Waals surface area (Å²) in [7, 11) is 0. The maximum atomic E-state index is 12.1. The highest BCUT2D eigenvalue weighted by Crippen LogP contribution is 2.26. The number of halogens is 3. The van der Waals surface area contributed by atoms with Crippen molar-refractivity contribution in [2.45, 2.75) is 6.36 Å². The molecule has 5 N–H and O–H groups in total. The zero-order valence-corrected chi connectivity index (χ0v) is 12.4. The highest BCUT2D eigenvalue weighted by Gasteiger charge is 2.30. The lowest BCUT2D eigenvalue weighted by atomic mass is 10.2. The van der Waals surface area contributed by atoms with Crippen LogP contribution >= 0.6 is 0 Å². The molecule has 0 amide bonds. The van der Waals surface area contributed by atoms with E-state index < -0.39 is 6.36 Å². The van der Waals surface area contributed by atoms with E-state index in [0.717, 1.165) is 6.21 Å². The molecule has 2 aromatic rings. The van der Waals surface area contributed by atoms with Crippen molar-refractivity contribution in [1.82, 2.24) is 9.97 Å². The van der Waals surface area contributed by atoms with Gasteiger partial charge in [-0.2, -0.15) is 0 Å². The van der Waals surface area contributed by atoms with Gasteiger partial charge in [0.15, 0.2) is 0 Å². The van der Waals surface area contributed by atoms with Crippen molar-refractivity contribution in [2.75, 3.05) is 23.7 Å². The molecule has 0 fully saturated rings. The predicted octanol–water partition coefficient (Wildman–Crippen LogP) is 2.49. The third kappa shape index (κ3) is 4.81. The van der Waals surface area contributed by atoms with Crippen molar-refractivity contribution in [1.29, 1.82) is 5.41 Å². The molecule has 0 atom stereocenters. The number of aromatic nitrogens is 2. The number of anilines is 3. The van der Waals surface area contributed by atoms with E-state index in [4.69, 9.17) is 11.1 Å². The first-order valence-corrected chi connectivity index (χ1v) is 6.85. The number of hydrogen-bond donors (Lipinski definition) is 4. The fraction of sp³-hybridized carbons (Fsp3) is 0.214. The molecule has 128 valence electrons. The van der Waals surface area contributed by atoms with Crippen LogP contribution in [0.2, 0.25) is 0 Å². The molecule has 0 bridgehead atoms. The van der Waals surface area contributed by atoms with E-state index in [-0.39, 0.29) is 5.75 Å². The van der Waals surface area contributed by atoms with Crippen LogP contribution in [0, 0.1) is 5.41 Å². The summed E-state index contributed by atoms with van der Waals surface area (Å²) in [5, 5.41) is 13.4. The molecule has 1 aromatic heterocycles. The van der Waals surface area contributed by atoms with E-state index >= 15 is 0 Å². The Morgan fingerprint density at radius 3 is 2.42 bits per heavy atom. The van der Waals surface area contributed by atoms with Crippen molar-refractivity contribution in [3.63, 3.8) is 0 Å². The molecule has 0 unspecified atom stereocenters. The van der Waals surface area contributed by atoms with Crippen LogP contribution in [0.15, 0.2) is 30.6 Å². The zero-order chi connectivity index (χ0) is 17.6. The summed E-state index contributed by atoms with van der Waals surface area (Å²) in [6.07, 6.45) is -2.36. The summed E-state index contributed by atoms with van der Waals surface area (Å²) < 4.78 is 40.2. The van der Waals surface area contributed by atoms with Crippen molar-refractivity contribution in [3.05, 3.63) is 36.2 Å². The Kier molecular flexibility index (Phi) is 5.53. The van der Waals surface area contributed by atoms with Crippen molar-refractivity contribution >= 4 is 23.5 Å². The number of rotatable bonds is 7. The number of nitrogens with two attached hydrogens (primary N) is 1. The number of alkyl halides is 3. The highest BCUT2D eigenvalue weighted by atomic mass is 19.4. The second-order valence-electron chi connectivity index (χ2n) is 4.54. The molecule has 0 aliphatic heterocycles. The average Bonchev–Trinajstić information content (AvgIpc) is 2.53. The van der Waals surface area contributed by atoms with Gasteiger partial charge in [0.05, 0.1) is 5.56 Å². The van der Waals surface area contributed by atoms with Crippen LogP contribution in [0.3, 0.4) is 0 Å². The lowest BCUT2D eigenvalue weighted by Gasteiger charge is -2.13. The summed E-state index contributed by atoms with van der Waals surface area (Å²) in [5.41, 5.74) is 6.30. The Hall–Kier alpha value is -2.88. The van der Waals surface area contributed by atoms with Gasteiger partial charge in [-0.25, -0.2) is 9.97 Å². The zero-order valence-electron chi connectivity index (χ0n) is 12.4. The van der Waals surface area contributed by atoms with Gasteiger partial charge in [0, 0.05) is 25.0 Å². The van der Waals surface area contributed by atoms with E-state index in [2.05, 4.69) is 25.3 Å². The molecule has 0 saturated heterocycles. The quantitative estimate of drug-likeness (QED) is 0.577. The van der Waals surface area contributed by atoms with Crippen LogP contribution in [0.1, 0.15) is 5.56 Å². The molecule has 0 aliphatic rings. The van der Waals surface area contributed by atoms with Crippen molar-refractivity contribution in [2.24, 2.45) is 5.73 Å². The SMILES string of the molecule is N=Cc1c(NCCN)ncnc1Nc1ccc(OC(F)(F)F)cc1. The van der Waals surface area contributed by atoms with Crippen molar-refractivity contribution < 1.29 is 17.9 Å². The van der Waals surface area contributed by atoms with Crippen LogP contribution in [0.5, 0.6) is 5.75 Å². The topological polar surface area (TPSA) is 109 Å². The molecule has 0 saturated carbocycles. The normalized spacial score (nSPS) is 11.0. The van der Waals surface area contributed by atoms with Crippen LogP contribution in [0.25, 0.3) is 0 Å². The Bertz CT molecular complexity index is 690. The van der Waals surface area contributed by atoms with Crippen LogP contribution in [0.4, 0.5) is 30.5 Å². The maximum Gasteiger partial charge on any atom is 0.573 e. The van der Waals surface area contributed by atoms with E-state index in [1.54, 1.807) is 0 Å². The third-order valence-electron chi connectivity index (χ3n) is 2.82. The van der Waals surface area contributed by atoms with E-state index in [0.29, 0.717) is 36.0 Å². The van der Waals surface area contributed by atoms with Gasteiger partial charge < -0.3 is 26.5 Å². The minimum absolute atomic E-state index is 0.326. The van der Waals surface area contributed by atoms with Gasteiger partial charge in [-0.3, -0.25) is 0 Å². The largest absolute Gasteiger partial charge is 0.573 e. The number of benzene rings is 1. The Morgan fingerprint density at radius 2 is 1.83 bits per heavy atom. The van der Waals surface area contributed by atoms with Gasteiger partial charge in [-0.15, -0.1) is 13.2 Å². The van der Waals surface area contributed by atoms with Crippen LogP contribution in [-0.4, -0.2) is 35.6 Å². The molecule has 1 aromatic carbocycles. The molecule has 24 heavy (non-hydrogen) atoms. The van der Waals surface area contributed by atoms with Gasteiger partial charge in [-0.1, -0.05) is 0 Å². The first kappa shape index (κ1) is 17.5. The number of nitrogens with one attached hydrogen (secondary N) is 3. The lowest BCUT2D eigenvalue weighted by Crippen LogP contribution is -2.17. The Morgan fingerprint density at radius 1 is 1.17 bits per heavy atom. The van der Waals surface area contributed by atoms with Gasteiger partial charge >= 0.3 is 6.36 Å². The molecular formula is C14H15F3N6O. The number of hydrogen-bond acceptors (Lipinski definition) is 7. The molecule has 0 aliphatic carbocycles. The first-order valence-electron chi connectivity index (χ1n) is 6.85. The Labute approximate surface area is 135 Å². The van der Waals surface area contributed by atoms with Crippen LogP contribution < -0.4 is 21.1 Å². The summed E-state index contributed by atoms with van der Waals surface area (Å²) in [6.45, 7) is 0.867. The predicted molar refractivity (Wildman–Crippen MR) is 83.9 cm³/mol. The minimum Gasteiger partial charge on any atom is -0.406 e. The first-order chi connectivity index (χ1) is 11.4. The Balaban J connectivity index is 2.17. The lowest BCUT2D eigenvalue weighted by molar-refractivity contribution is -0.274.